The van der Waals surface area contributed by atoms with Crippen molar-refractivity contribution in [1.29, 1.82) is 0 Å². The Morgan fingerprint density at radius 3 is 2.30 bits per heavy atom. The van der Waals surface area contributed by atoms with E-state index in [9.17, 15) is 22.7 Å². The summed E-state index contributed by atoms with van der Waals surface area (Å²) in [5, 5.41) is 13.3. The zero-order chi connectivity index (χ0) is 15.6. The number of aliphatic hydroxyl groups is 1. The Morgan fingerprint density at radius 1 is 1.25 bits per heavy atom. The van der Waals surface area contributed by atoms with Crippen LogP contribution < -0.4 is 5.32 Å². The Morgan fingerprint density at radius 2 is 1.85 bits per heavy atom. The first-order valence-corrected chi connectivity index (χ1v) is 6.37. The minimum atomic E-state index is -4.73. The molecule has 0 aromatic heterocycles. The Labute approximate surface area is 115 Å². The molecule has 0 saturated carbocycles. The summed E-state index contributed by atoms with van der Waals surface area (Å²) in [5.41, 5.74) is -2.57. The summed E-state index contributed by atoms with van der Waals surface area (Å²) in [6.07, 6.45) is -4.45. The van der Waals surface area contributed by atoms with Crippen molar-refractivity contribution in [2.75, 3.05) is 6.54 Å². The van der Waals surface area contributed by atoms with Crippen molar-refractivity contribution in [3.8, 4) is 0 Å². The number of nitrogens with one attached hydrogen (secondary N) is 1. The molecule has 1 rings (SSSR count). The van der Waals surface area contributed by atoms with Crippen LogP contribution in [0.25, 0.3) is 0 Å². The van der Waals surface area contributed by atoms with E-state index in [4.69, 9.17) is 0 Å². The fourth-order valence-electron chi connectivity index (χ4n) is 1.83. The Hall–Kier alpha value is -1.14. The highest BCUT2D eigenvalue weighted by atomic mass is 19.4. The monoisotopic (exact) mass is 293 g/mol. The molecular formula is C14H19F4NO. The summed E-state index contributed by atoms with van der Waals surface area (Å²) >= 11 is 0. The molecular weight excluding hydrogens is 274 g/mol. The predicted molar refractivity (Wildman–Crippen MR) is 68.7 cm³/mol. The summed E-state index contributed by atoms with van der Waals surface area (Å²) in [6.45, 7) is 5.81. The molecule has 1 aromatic carbocycles. The maximum Gasteiger partial charge on any atom is 0.419 e. The molecule has 0 aliphatic carbocycles. The van der Waals surface area contributed by atoms with E-state index >= 15 is 0 Å². The Bertz CT molecular complexity index is 455. The van der Waals surface area contributed by atoms with Crippen molar-refractivity contribution in [1.82, 2.24) is 5.32 Å². The van der Waals surface area contributed by atoms with E-state index in [1.807, 2.05) is 13.8 Å². The molecule has 0 aliphatic rings. The van der Waals surface area contributed by atoms with Gasteiger partial charge in [-0.3, -0.25) is 0 Å². The molecule has 2 N–H and O–H groups in total. The van der Waals surface area contributed by atoms with Gasteiger partial charge in [0.2, 0.25) is 0 Å². The maximum absolute atomic E-state index is 13.5. The van der Waals surface area contributed by atoms with Crippen LogP contribution in [0.15, 0.2) is 18.2 Å². The van der Waals surface area contributed by atoms with Crippen molar-refractivity contribution in [3.05, 3.63) is 35.1 Å². The van der Waals surface area contributed by atoms with Crippen LogP contribution in [0, 0.1) is 5.82 Å². The second-order valence-corrected chi connectivity index (χ2v) is 5.33. The number of alkyl halides is 3. The minimum absolute atomic E-state index is 0.133. The van der Waals surface area contributed by atoms with E-state index in [1.54, 1.807) is 0 Å². The largest absolute Gasteiger partial charge is 0.419 e. The van der Waals surface area contributed by atoms with E-state index in [-0.39, 0.29) is 18.0 Å². The molecule has 0 spiro atoms. The van der Waals surface area contributed by atoms with Crippen molar-refractivity contribution >= 4 is 0 Å². The summed E-state index contributed by atoms with van der Waals surface area (Å²) in [6, 6.07) is 2.75. The fourth-order valence-corrected chi connectivity index (χ4v) is 1.83. The van der Waals surface area contributed by atoms with Crippen LogP contribution in [0.1, 0.15) is 38.3 Å². The van der Waals surface area contributed by atoms with Gasteiger partial charge >= 0.3 is 6.18 Å². The lowest BCUT2D eigenvalue weighted by Gasteiger charge is -2.25. The Balaban J connectivity index is 2.88. The van der Waals surface area contributed by atoms with Crippen molar-refractivity contribution in [2.24, 2.45) is 0 Å². The Kier molecular flexibility index (Phi) is 5.15. The van der Waals surface area contributed by atoms with Crippen LogP contribution in [0.2, 0.25) is 0 Å². The van der Waals surface area contributed by atoms with E-state index in [0.717, 1.165) is 12.1 Å². The molecule has 1 atom stereocenters. The van der Waals surface area contributed by atoms with Gasteiger partial charge in [0.15, 0.2) is 0 Å². The van der Waals surface area contributed by atoms with Gasteiger partial charge in [0, 0.05) is 6.04 Å². The molecule has 0 fully saturated rings. The molecule has 20 heavy (non-hydrogen) atoms. The van der Waals surface area contributed by atoms with Crippen LogP contribution in [-0.4, -0.2) is 17.7 Å². The number of benzene rings is 1. The summed E-state index contributed by atoms with van der Waals surface area (Å²) in [5.74, 6) is -1.37. The molecule has 0 radical (unpaired) electrons. The van der Waals surface area contributed by atoms with E-state index in [2.05, 4.69) is 5.32 Å². The number of halogens is 4. The molecule has 0 bridgehead atoms. The van der Waals surface area contributed by atoms with Gasteiger partial charge in [0.25, 0.3) is 0 Å². The first-order valence-electron chi connectivity index (χ1n) is 6.37. The smallest absolute Gasteiger partial charge is 0.385 e. The van der Waals surface area contributed by atoms with Crippen LogP contribution in [0.5, 0.6) is 0 Å². The molecule has 0 amide bonds. The maximum atomic E-state index is 13.5. The third-order valence-corrected chi connectivity index (χ3v) is 3.06. The predicted octanol–water partition coefficient (Wildman–Crippen LogP) is 3.44. The van der Waals surface area contributed by atoms with Crippen molar-refractivity contribution in [2.45, 2.75) is 45.0 Å². The third-order valence-electron chi connectivity index (χ3n) is 3.06. The normalized spacial score (nSPS) is 15.4. The van der Waals surface area contributed by atoms with Gasteiger partial charge < -0.3 is 10.4 Å². The number of rotatable bonds is 5. The lowest BCUT2D eigenvalue weighted by Crippen LogP contribution is -2.31. The molecule has 6 heteroatoms. The molecule has 114 valence electrons. The SMILES string of the molecule is CC(C)NCCC(C)(O)c1ccc(C(F)(F)F)c(F)c1. The van der Waals surface area contributed by atoms with Crippen LogP contribution in [0.4, 0.5) is 17.6 Å². The van der Waals surface area contributed by atoms with Gasteiger partial charge in [-0.05, 0) is 37.6 Å². The zero-order valence-corrected chi connectivity index (χ0v) is 11.7. The highest BCUT2D eigenvalue weighted by Crippen LogP contribution is 2.34. The van der Waals surface area contributed by atoms with Gasteiger partial charge in [-0.2, -0.15) is 13.2 Å². The average molecular weight is 293 g/mol. The highest BCUT2D eigenvalue weighted by molar-refractivity contribution is 5.30. The molecule has 1 aromatic rings. The topological polar surface area (TPSA) is 32.3 Å². The highest BCUT2D eigenvalue weighted by Gasteiger charge is 2.35. The second-order valence-electron chi connectivity index (χ2n) is 5.33. The summed E-state index contributed by atoms with van der Waals surface area (Å²) in [7, 11) is 0. The summed E-state index contributed by atoms with van der Waals surface area (Å²) in [4.78, 5) is 0. The van der Waals surface area contributed by atoms with E-state index in [1.165, 1.54) is 6.92 Å². The first kappa shape index (κ1) is 16.9. The lowest BCUT2D eigenvalue weighted by atomic mass is 9.91. The summed E-state index contributed by atoms with van der Waals surface area (Å²) < 4.78 is 50.8. The zero-order valence-electron chi connectivity index (χ0n) is 11.7. The van der Waals surface area contributed by atoms with Gasteiger partial charge in [0.05, 0.1) is 11.2 Å². The van der Waals surface area contributed by atoms with Crippen molar-refractivity contribution in [3.63, 3.8) is 0 Å². The van der Waals surface area contributed by atoms with Gasteiger partial charge in [-0.15, -0.1) is 0 Å². The molecule has 0 saturated heterocycles. The number of hydrogen-bond donors (Lipinski definition) is 2. The van der Waals surface area contributed by atoms with Crippen molar-refractivity contribution < 1.29 is 22.7 Å². The van der Waals surface area contributed by atoms with E-state index in [0.29, 0.717) is 12.6 Å². The van der Waals surface area contributed by atoms with Gasteiger partial charge in [-0.25, -0.2) is 4.39 Å². The van der Waals surface area contributed by atoms with Gasteiger partial charge in [0.1, 0.15) is 5.82 Å². The van der Waals surface area contributed by atoms with Crippen LogP contribution >= 0.6 is 0 Å². The molecule has 2 nitrogen and oxygen atoms in total. The average Bonchev–Trinajstić information content (AvgIpc) is 2.26. The molecule has 0 heterocycles. The van der Waals surface area contributed by atoms with Crippen LogP contribution in [0.3, 0.4) is 0 Å². The van der Waals surface area contributed by atoms with Gasteiger partial charge in [-0.1, -0.05) is 19.9 Å². The third kappa shape index (κ3) is 4.45. The standard InChI is InChI=1S/C14H19F4NO/c1-9(2)19-7-6-13(3,20)10-4-5-11(12(15)8-10)14(16,17)18/h4-5,8-9,19-20H,6-7H2,1-3H3. The molecule has 0 aliphatic heterocycles. The lowest BCUT2D eigenvalue weighted by molar-refractivity contribution is -0.140. The number of hydrogen-bond acceptors (Lipinski definition) is 2. The van der Waals surface area contributed by atoms with E-state index < -0.39 is 23.2 Å². The second kappa shape index (κ2) is 6.10. The minimum Gasteiger partial charge on any atom is -0.385 e. The van der Waals surface area contributed by atoms with Crippen LogP contribution in [-0.2, 0) is 11.8 Å². The quantitative estimate of drug-likeness (QED) is 0.815. The fraction of sp³-hybridized carbons (Fsp3) is 0.571. The molecule has 1 unspecified atom stereocenters. The first-order chi connectivity index (χ1) is 9.04.